The molecule has 3 aromatic rings. The highest BCUT2D eigenvalue weighted by atomic mass is 32.2. The smallest absolute Gasteiger partial charge is 0.270 e. The fraction of sp³-hybridized carbons (Fsp3) is 0.238. The van der Waals surface area contributed by atoms with Crippen LogP contribution in [0, 0.1) is 21.4 Å². The van der Waals surface area contributed by atoms with Gasteiger partial charge in [0.2, 0.25) is 5.91 Å². The van der Waals surface area contributed by atoms with Gasteiger partial charge in [0.05, 0.1) is 16.2 Å². The molecule has 31 heavy (non-hydrogen) atoms. The molecule has 0 aliphatic rings. The minimum absolute atomic E-state index is 0.0139. The lowest BCUT2D eigenvalue weighted by Crippen LogP contribution is -2.12. The molecule has 1 amide bonds. The number of nitrogens with one attached hydrogen (secondary N) is 1. The standard InChI is InChI=1S/C21H19N5O3S2/c1-13(2)17-7-6-15(11-22)20(23-17)30-9-8-19(27)25-21-24-18(12-31-21)14-4-3-5-16(10-14)26(28)29/h3-7,10,12-13H,8-9H2,1-2H3,(H,24,25,27). The number of amides is 1. The summed E-state index contributed by atoms with van der Waals surface area (Å²) in [7, 11) is 0. The second-order valence-corrected chi connectivity index (χ2v) is 8.79. The second kappa shape index (κ2) is 10.1. The van der Waals surface area contributed by atoms with Crippen molar-refractivity contribution in [3.05, 3.63) is 63.1 Å². The molecule has 2 heterocycles. The molecule has 8 nitrogen and oxygen atoms in total. The first kappa shape index (κ1) is 22.4. The Morgan fingerprint density at radius 1 is 1.32 bits per heavy atom. The summed E-state index contributed by atoms with van der Waals surface area (Å²) in [6.07, 6.45) is 0.231. The summed E-state index contributed by atoms with van der Waals surface area (Å²) in [5, 5.41) is 25.7. The highest BCUT2D eigenvalue weighted by Gasteiger charge is 2.13. The number of non-ortho nitro benzene ring substituents is 1. The van der Waals surface area contributed by atoms with Crippen molar-refractivity contribution in [1.29, 1.82) is 5.26 Å². The molecule has 0 bridgehead atoms. The number of benzene rings is 1. The largest absolute Gasteiger partial charge is 0.302 e. The van der Waals surface area contributed by atoms with Gasteiger partial charge in [-0.3, -0.25) is 14.9 Å². The molecule has 158 valence electrons. The first-order chi connectivity index (χ1) is 14.9. The van der Waals surface area contributed by atoms with Gasteiger partial charge in [-0.2, -0.15) is 5.26 Å². The Labute approximate surface area is 187 Å². The lowest BCUT2D eigenvalue weighted by atomic mass is 10.1. The molecule has 0 atom stereocenters. The van der Waals surface area contributed by atoms with Crippen molar-refractivity contribution >= 4 is 39.8 Å². The Balaban J connectivity index is 1.58. The van der Waals surface area contributed by atoms with E-state index < -0.39 is 4.92 Å². The van der Waals surface area contributed by atoms with E-state index in [9.17, 15) is 20.2 Å². The van der Waals surface area contributed by atoms with E-state index in [0.717, 1.165) is 5.69 Å². The number of anilines is 1. The van der Waals surface area contributed by atoms with Crippen LogP contribution >= 0.6 is 23.1 Å². The fourth-order valence-corrected chi connectivity index (χ4v) is 4.29. The van der Waals surface area contributed by atoms with Crippen LogP contribution < -0.4 is 5.32 Å². The van der Waals surface area contributed by atoms with Crippen molar-refractivity contribution in [3.8, 4) is 17.3 Å². The van der Waals surface area contributed by atoms with Gasteiger partial charge in [0.1, 0.15) is 11.1 Å². The molecule has 0 spiro atoms. The quantitative estimate of drug-likeness (QED) is 0.281. The highest BCUT2D eigenvalue weighted by molar-refractivity contribution is 7.99. The van der Waals surface area contributed by atoms with Crippen LogP contribution in [0.1, 0.15) is 37.4 Å². The summed E-state index contributed by atoms with van der Waals surface area (Å²) in [6.45, 7) is 4.07. The number of aromatic nitrogens is 2. The van der Waals surface area contributed by atoms with Crippen LogP contribution in [0.5, 0.6) is 0 Å². The molecule has 0 aliphatic heterocycles. The number of nitro groups is 1. The maximum absolute atomic E-state index is 12.3. The average Bonchev–Trinajstić information content (AvgIpc) is 3.22. The summed E-state index contributed by atoms with van der Waals surface area (Å²) >= 11 is 2.63. The van der Waals surface area contributed by atoms with Crippen LogP contribution in [-0.2, 0) is 4.79 Å². The van der Waals surface area contributed by atoms with E-state index in [0.29, 0.717) is 32.7 Å². The summed E-state index contributed by atoms with van der Waals surface area (Å²) < 4.78 is 0. The van der Waals surface area contributed by atoms with E-state index in [1.54, 1.807) is 23.6 Å². The molecule has 0 radical (unpaired) electrons. The number of carbonyl (C=O) groups excluding carboxylic acids is 1. The molecular formula is C21H19N5O3S2. The monoisotopic (exact) mass is 453 g/mol. The molecule has 0 aliphatic carbocycles. The number of nitro benzene ring substituents is 1. The molecule has 0 unspecified atom stereocenters. The predicted octanol–water partition coefficient (Wildman–Crippen LogP) is 5.23. The van der Waals surface area contributed by atoms with Gasteiger partial charge < -0.3 is 5.32 Å². The highest BCUT2D eigenvalue weighted by Crippen LogP contribution is 2.28. The van der Waals surface area contributed by atoms with Crippen LogP contribution in [0.4, 0.5) is 10.8 Å². The van der Waals surface area contributed by atoms with Gasteiger partial charge in [0.25, 0.3) is 5.69 Å². The van der Waals surface area contributed by atoms with Gasteiger partial charge in [0.15, 0.2) is 5.13 Å². The first-order valence-electron chi connectivity index (χ1n) is 9.41. The Bertz CT molecular complexity index is 1150. The van der Waals surface area contributed by atoms with Crippen LogP contribution in [0.3, 0.4) is 0 Å². The Kier molecular flexibility index (Phi) is 7.33. The van der Waals surface area contributed by atoms with Crippen molar-refractivity contribution in [2.45, 2.75) is 31.2 Å². The third kappa shape index (κ3) is 5.87. The summed E-state index contributed by atoms with van der Waals surface area (Å²) in [6, 6.07) is 11.9. The molecule has 1 N–H and O–H groups in total. The van der Waals surface area contributed by atoms with Gasteiger partial charge in [-0.25, -0.2) is 9.97 Å². The summed E-state index contributed by atoms with van der Waals surface area (Å²) in [5.41, 5.74) is 2.56. The van der Waals surface area contributed by atoms with Gasteiger partial charge in [0, 0.05) is 40.9 Å². The molecule has 10 heteroatoms. The van der Waals surface area contributed by atoms with Crippen LogP contribution in [0.25, 0.3) is 11.3 Å². The van der Waals surface area contributed by atoms with Crippen molar-refractivity contribution < 1.29 is 9.72 Å². The number of hydrogen-bond acceptors (Lipinski definition) is 8. The van der Waals surface area contributed by atoms with E-state index in [2.05, 4.69) is 21.4 Å². The minimum Gasteiger partial charge on any atom is -0.302 e. The number of thiazole rings is 1. The molecule has 3 rings (SSSR count). The van der Waals surface area contributed by atoms with Crippen LogP contribution in [0.2, 0.25) is 0 Å². The van der Waals surface area contributed by atoms with E-state index in [-0.39, 0.29) is 23.9 Å². The lowest BCUT2D eigenvalue weighted by molar-refractivity contribution is -0.384. The molecule has 0 saturated carbocycles. The number of carbonyl (C=O) groups is 1. The van der Waals surface area contributed by atoms with E-state index in [1.807, 2.05) is 19.9 Å². The number of rotatable bonds is 8. The lowest BCUT2D eigenvalue weighted by Gasteiger charge is -2.08. The fourth-order valence-electron chi connectivity index (χ4n) is 2.64. The second-order valence-electron chi connectivity index (χ2n) is 6.85. The topological polar surface area (TPSA) is 122 Å². The SMILES string of the molecule is CC(C)c1ccc(C#N)c(SCCC(=O)Nc2nc(-c3cccc([N+](=O)[O-])c3)cs2)n1. The Morgan fingerprint density at radius 2 is 2.13 bits per heavy atom. The van der Waals surface area contributed by atoms with Gasteiger partial charge in [-0.1, -0.05) is 26.0 Å². The van der Waals surface area contributed by atoms with Gasteiger partial charge >= 0.3 is 0 Å². The van der Waals surface area contributed by atoms with Crippen LogP contribution in [0.15, 0.2) is 46.8 Å². The van der Waals surface area contributed by atoms with Crippen molar-refractivity contribution in [2.24, 2.45) is 0 Å². The van der Waals surface area contributed by atoms with Crippen molar-refractivity contribution in [2.75, 3.05) is 11.1 Å². The van der Waals surface area contributed by atoms with E-state index in [1.165, 1.54) is 35.2 Å². The van der Waals surface area contributed by atoms with Crippen molar-refractivity contribution in [3.63, 3.8) is 0 Å². The minimum atomic E-state index is -0.459. The molecule has 0 saturated heterocycles. The van der Waals surface area contributed by atoms with E-state index in [4.69, 9.17) is 0 Å². The number of hydrogen-bond donors (Lipinski definition) is 1. The Hall–Kier alpha value is -3.29. The first-order valence-corrected chi connectivity index (χ1v) is 11.3. The third-order valence-electron chi connectivity index (χ3n) is 4.26. The maximum atomic E-state index is 12.3. The maximum Gasteiger partial charge on any atom is 0.270 e. The molecule has 2 aromatic heterocycles. The molecule has 1 aromatic carbocycles. The average molecular weight is 454 g/mol. The number of pyridine rings is 1. The van der Waals surface area contributed by atoms with Crippen LogP contribution in [-0.4, -0.2) is 26.6 Å². The zero-order chi connectivity index (χ0) is 22.4. The summed E-state index contributed by atoms with van der Waals surface area (Å²) in [5.74, 6) is 0.518. The normalized spacial score (nSPS) is 10.6. The zero-order valence-electron chi connectivity index (χ0n) is 16.9. The summed E-state index contributed by atoms with van der Waals surface area (Å²) in [4.78, 5) is 31.6. The van der Waals surface area contributed by atoms with Gasteiger partial charge in [-0.05, 0) is 18.1 Å². The Morgan fingerprint density at radius 3 is 2.84 bits per heavy atom. The number of nitriles is 1. The van der Waals surface area contributed by atoms with Crippen molar-refractivity contribution in [1.82, 2.24) is 9.97 Å². The number of nitrogens with zero attached hydrogens (tertiary/aromatic N) is 4. The zero-order valence-corrected chi connectivity index (χ0v) is 18.5. The van der Waals surface area contributed by atoms with Gasteiger partial charge in [-0.15, -0.1) is 23.1 Å². The molecular weight excluding hydrogens is 434 g/mol. The van der Waals surface area contributed by atoms with E-state index >= 15 is 0 Å². The number of thioether (sulfide) groups is 1. The molecule has 0 fully saturated rings. The predicted molar refractivity (Wildman–Crippen MR) is 121 cm³/mol. The third-order valence-corrected chi connectivity index (χ3v) is 6.02.